The van der Waals surface area contributed by atoms with Crippen LogP contribution in [0.1, 0.15) is 46.5 Å². The van der Waals surface area contributed by atoms with Crippen LogP contribution in [0.15, 0.2) is 0 Å². The Labute approximate surface area is 101 Å². The first-order chi connectivity index (χ1) is 7.62. The maximum absolute atomic E-state index is 5.49. The lowest BCUT2D eigenvalue weighted by molar-refractivity contribution is 0.108. The Morgan fingerprint density at radius 2 is 2.00 bits per heavy atom. The molecular weight excluding hydrogens is 196 g/mol. The summed E-state index contributed by atoms with van der Waals surface area (Å²) in [5.74, 6) is 2.82. The Kier molecular flexibility index (Phi) is 5.31. The first kappa shape index (κ1) is 13.5. The van der Waals surface area contributed by atoms with Crippen molar-refractivity contribution in [3.05, 3.63) is 0 Å². The summed E-state index contributed by atoms with van der Waals surface area (Å²) < 4.78 is 0. The van der Waals surface area contributed by atoms with Crippen LogP contribution < -0.4 is 5.32 Å². The van der Waals surface area contributed by atoms with E-state index in [9.17, 15) is 0 Å². The molecular formula is C14H26N2. The van der Waals surface area contributed by atoms with Crippen LogP contribution in [0.2, 0.25) is 0 Å². The zero-order valence-electron chi connectivity index (χ0n) is 11.1. The third kappa shape index (κ3) is 3.23. The van der Waals surface area contributed by atoms with Crippen molar-refractivity contribution in [3.8, 4) is 12.3 Å². The maximum atomic E-state index is 5.49. The Bertz CT molecular complexity index is 234. The molecule has 0 bridgehead atoms. The van der Waals surface area contributed by atoms with Gasteiger partial charge in [0.1, 0.15) is 0 Å². The molecule has 1 aliphatic heterocycles. The van der Waals surface area contributed by atoms with Gasteiger partial charge in [0.2, 0.25) is 0 Å². The average Bonchev–Trinajstić information content (AvgIpc) is 2.77. The Balaban J connectivity index is 2.62. The zero-order chi connectivity index (χ0) is 12.0. The highest BCUT2D eigenvalue weighted by Gasteiger charge is 2.35. The molecule has 1 fully saturated rings. The van der Waals surface area contributed by atoms with Gasteiger partial charge in [0, 0.05) is 18.0 Å². The number of nitrogens with one attached hydrogen (secondary N) is 1. The second kappa shape index (κ2) is 6.27. The fourth-order valence-electron chi connectivity index (χ4n) is 2.52. The highest BCUT2D eigenvalue weighted by atomic mass is 15.2. The minimum atomic E-state index is 0.179. The Hall–Kier alpha value is -0.520. The molecule has 0 saturated carbocycles. The molecule has 1 rings (SSSR count). The molecule has 92 valence electrons. The van der Waals surface area contributed by atoms with E-state index in [1.807, 2.05) is 0 Å². The van der Waals surface area contributed by atoms with Gasteiger partial charge in [-0.15, -0.1) is 12.3 Å². The first-order valence-electron chi connectivity index (χ1n) is 6.54. The average molecular weight is 222 g/mol. The van der Waals surface area contributed by atoms with Crippen LogP contribution in [-0.2, 0) is 0 Å². The second-order valence-electron chi connectivity index (χ2n) is 5.26. The van der Waals surface area contributed by atoms with Crippen LogP contribution in [0.3, 0.4) is 0 Å². The van der Waals surface area contributed by atoms with E-state index in [1.54, 1.807) is 0 Å². The molecule has 0 amide bonds. The van der Waals surface area contributed by atoms with Gasteiger partial charge in [-0.3, -0.25) is 4.90 Å². The van der Waals surface area contributed by atoms with Crippen molar-refractivity contribution in [2.24, 2.45) is 0 Å². The van der Waals surface area contributed by atoms with Crippen LogP contribution in [0.25, 0.3) is 0 Å². The molecule has 0 aromatic carbocycles. The minimum Gasteiger partial charge on any atom is -0.311 e. The normalized spacial score (nSPS) is 19.6. The van der Waals surface area contributed by atoms with Gasteiger partial charge in [-0.2, -0.15) is 0 Å². The van der Waals surface area contributed by atoms with Gasteiger partial charge in [0.15, 0.2) is 0 Å². The van der Waals surface area contributed by atoms with Gasteiger partial charge >= 0.3 is 0 Å². The Morgan fingerprint density at radius 1 is 1.38 bits per heavy atom. The molecule has 1 N–H and O–H groups in total. The van der Waals surface area contributed by atoms with Crippen LogP contribution >= 0.6 is 0 Å². The van der Waals surface area contributed by atoms with Crippen LogP contribution in [0.4, 0.5) is 0 Å². The van der Waals surface area contributed by atoms with Crippen molar-refractivity contribution < 1.29 is 0 Å². The number of nitrogens with zero attached hydrogens (tertiary/aromatic N) is 1. The van der Waals surface area contributed by atoms with Crippen molar-refractivity contribution in [2.45, 2.75) is 58.0 Å². The van der Waals surface area contributed by atoms with E-state index in [0.717, 1.165) is 19.4 Å². The number of hydrogen-bond acceptors (Lipinski definition) is 2. The lowest BCUT2D eigenvalue weighted by Crippen LogP contribution is -2.56. The molecule has 1 atom stereocenters. The molecule has 0 spiro atoms. The smallest absolute Gasteiger partial charge is 0.0356 e. The molecule has 2 heteroatoms. The molecule has 1 aliphatic rings. The Morgan fingerprint density at radius 3 is 2.50 bits per heavy atom. The molecule has 16 heavy (non-hydrogen) atoms. The predicted octanol–water partition coefficient (Wildman–Crippen LogP) is 2.25. The SMILES string of the molecule is C#CCC(NCCC)C(C)(C)N1CCCC1. The number of rotatable bonds is 6. The van der Waals surface area contributed by atoms with Crippen molar-refractivity contribution in [1.29, 1.82) is 0 Å². The van der Waals surface area contributed by atoms with Gasteiger partial charge in [0.05, 0.1) is 0 Å². The fourth-order valence-corrected chi connectivity index (χ4v) is 2.52. The highest BCUT2D eigenvalue weighted by molar-refractivity contribution is 5.01. The number of likely N-dealkylation sites (tertiary alicyclic amines) is 1. The van der Waals surface area contributed by atoms with Crippen molar-refractivity contribution >= 4 is 0 Å². The summed E-state index contributed by atoms with van der Waals surface area (Å²) in [5, 5.41) is 3.60. The van der Waals surface area contributed by atoms with E-state index in [0.29, 0.717) is 6.04 Å². The van der Waals surface area contributed by atoms with Gasteiger partial charge in [0.25, 0.3) is 0 Å². The lowest BCUT2D eigenvalue weighted by atomic mass is 9.90. The molecule has 0 aromatic rings. The van der Waals surface area contributed by atoms with Crippen LogP contribution in [0, 0.1) is 12.3 Å². The fraction of sp³-hybridized carbons (Fsp3) is 0.857. The summed E-state index contributed by atoms with van der Waals surface area (Å²) >= 11 is 0. The van der Waals surface area contributed by atoms with Crippen LogP contribution in [-0.4, -0.2) is 36.1 Å². The third-order valence-corrected chi connectivity index (χ3v) is 3.74. The van der Waals surface area contributed by atoms with E-state index in [4.69, 9.17) is 6.42 Å². The molecule has 0 aromatic heterocycles. The number of terminal acetylenes is 1. The van der Waals surface area contributed by atoms with E-state index < -0.39 is 0 Å². The third-order valence-electron chi connectivity index (χ3n) is 3.74. The predicted molar refractivity (Wildman–Crippen MR) is 70.4 cm³/mol. The summed E-state index contributed by atoms with van der Waals surface area (Å²) in [7, 11) is 0. The zero-order valence-corrected chi connectivity index (χ0v) is 11.1. The van der Waals surface area contributed by atoms with Gasteiger partial charge in [-0.1, -0.05) is 6.92 Å². The highest BCUT2D eigenvalue weighted by Crippen LogP contribution is 2.25. The van der Waals surface area contributed by atoms with E-state index in [-0.39, 0.29) is 5.54 Å². The summed E-state index contributed by atoms with van der Waals surface area (Å²) in [4.78, 5) is 2.58. The number of hydrogen-bond donors (Lipinski definition) is 1. The summed E-state index contributed by atoms with van der Waals surface area (Å²) in [6.45, 7) is 10.3. The maximum Gasteiger partial charge on any atom is 0.0356 e. The van der Waals surface area contributed by atoms with Crippen LogP contribution in [0.5, 0.6) is 0 Å². The second-order valence-corrected chi connectivity index (χ2v) is 5.26. The van der Waals surface area contributed by atoms with Crippen molar-refractivity contribution in [3.63, 3.8) is 0 Å². The molecule has 1 saturated heterocycles. The minimum absolute atomic E-state index is 0.179. The molecule has 2 nitrogen and oxygen atoms in total. The molecule has 0 aliphatic carbocycles. The summed E-state index contributed by atoms with van der Waals surface area (Å²) in [5.41, 5.74) is 0.179. The molecule has 0 radical (unpaired) electrons. The monoisotopic (exact) mass is 222 g/mol. The van der Waals surface area contributed by atoms with Gasteiger partial charge < -0.3 is 5.32 Å². The van der Waals surface area contributed by atoms with E-state index in [2.05, 4.69) is 36.9 Å². The molecule has 1 heterocycles. The first-order valence-corrected chi connectivity index (χ1v) is 6.54. The van der Waals surface area contributed by atoms with Crippen molar-refractivity contribution in [1.82, 2.24) is 10.2 Å². The van der Waals surface area contributed by atoms with E-state index >= 15 is 0 Å². The lowest BCUT2D eigenvalue weighted by Gasteiger charge is -2.42. The summed E-state index contributed by atoms with van der Waals surface area (Å²) in [6.07, 6.45) is 10.1. The van der Waals surface area contributed by atoms with E-state index in [1.165, 1.54) is 25.9 Å². The van der Waals surface area contributed by atoms with Crippen molar-refractivity contribution in [2.75, 3.05) is 19.6 Å². The van der Waals surface area contributed by atoms with Gasteiger partial charge in [-0.05, 0) is 52.7 Å². The topological polar surface area (TPSA) is 15.3 Å². The molecule has 1 unspecified atom stereocenters. The quantitative estimate of drug-likeness (QED) is 0.694. The van der Waals surface area contributed by atoms with Gasteiger partial charge in [-0.25, -0.2) is 0 Å². The summed E-state index contributed by atoms with van der Waals surface area (Å²) in [6, 6.07) is 0.413. The standard InChI is InChI=1S/C14H26N2/c1-5-9-13(15-10-6-2)14(3,4)16-11-7-8-12-16/h1,13,15H,6-12H2,2-4H3. The largest absolute Gasteiger partial charge is 0.311 e.